The summed E-state index contributed by atoms with van der Waals surface area (Å²) in [4.78, 5) is 25.4. The predicted molar refractivity (Wildman–Crippen MR) is 148 cm³/mol. The van der Waals surface area contributed by atoms with Crippen LogP contribution in [-0.2, 0) is 23.4 Å². The highest BCUT2D eigenvalue weighted by Crippen LogP contribution is 2.48. The van der Waals surface area contributed by atoms with Gasteiger partial charge in [-0.15, -0.1) is 0 Å². The van der Waals surface area contributed by atoms with Crippen molar-refractivity contribution in [2.75, 3.05) is 31.3 Å². The lowest BCUT2D eigenvalue weighted by Gasteiger charge is -2.25. The van der Waals surface area contributed by atoms with Crippen molar-refractivity contribution in [2.45, 2.75) is 63.9 Å². The SMILES string of the molecule is CNc1nc(NC)c2ncn([C@@H]3O[C@H](CO[P@](=O)(N[C@@H](C)C(=O)OC(C)C)Oc4ccccc4)[C@@H](O)[C@@]3(C)F)c2n1. The maximum absolute atomic E-state index is 16.0. The van der Waals surface area contributed by atoms with E-state index in [1.165, 1.54) is 24.7 Å². The molecule has 0 radical (unpaired) electrons. The molecule has 41 heavy (non-hydrogen) atoms. The normalized spacial score (nSPS) is 24.7. The van der Waals surface area contributed by atoms with Gasteiger partial charge in [0.25, 0.3) is 0 Å². The molecule has 1 fully saturated rings. The lowest BCUT2D eigenvalue weighted by molar-refractivity contribution is -0.149. The fourth-order valence-corrected chi connectivity index (χ4v) is 5.73. The van der Waals surface area contributed by atoms with Gasteiger partial charge in [0.15, 0.2) is 28.9 Å². The smallest absolute Gasteiger partial charge is 0.459 e. The number of esters is 1. The van der Waals surface area contributed by atoms with Gasteiger partial charge >= 0.3 is 13.7 Å². The average molecular weight is 596 g/mol. The third-order valence-electron chi connectivity index (χ3n) is 6.29. The van der Waals surface area contributed by atoms with E-state index in [1.54, 1.807) is 58.3 Å². The Hall–Kier alpha value is -3.36. The topological polar surface area (TPSA) is 171 Å². The molecule has 0 bridgehead atoms. The molecule has 1 saturated heterocycles. The molecule has 0 saturated carbocycles. The molecule has 0 amide bonds. The number of carbonyl (C=O) groups excluding carboxylic acids is 1. The minimum absolute atomic E-state index is 0.194. The molecular weight excluding hydrogens is 560 g/mol. The van der Waals surface area contributed by atoms with E-state index in [0.29, 0.717) is 11.3 Å². The standard InChI is InChI=1S/C25H35FN7O7P/c1-14(2)38-22(35)15(3)32-41(36,40-16-10-8-7-9-11-16)37-12-17-19(34)25(4,26)23(39-17)33-13-29-18-20(27-5)30-24(28-6)31-21(18)33/h7-11,13-15,17,19,23,34H,12H2,1-6H3,(H,32,36)(H2,27,28,30,31)/t15-,17+,19+,23+,25+,41+/m0/s1. The Morgan fingerprint density at radius 2 is 1.93 bits per heavy atom. The number of aliphatic hydroxyl groups excluding tert-OH is 1. The number of carbonyl (C=O) groups is 1. The molecular formula is C25H35FN7O7P. The van der Waals surface area contributed by atoms with E-state index >= 15 is 4.39 Å². The number of benzene rings is 1. The summed E-state index contributed by atoms with van der Waals surface area (Å²) < 4.78 is 53.5. The Balaban J connectivity index is 1.57. The van der Waals surface area contributed by atoms with Gasteiger partial charge < -0.3 is 29.7 Å². The van der Waals surface area contributed by atoms with Crippen LogP contribution in [0.2, 0.25) is 0 Å². The zero-order valence-electron chi connectivity index (χ0n) is 23.6. The van der Waals surface area contributed by atoms with Crippen molar-refractivity contribution in [2.24, 2.45) is 0 Å². The Bertz CT molecular complexity index is 1410. The second-order valence-corrected chi connectivity index (χ2v) is 11.6. The van der Waals surface area contributed by atoms with E-state index in [1.807, 2.05) is 0 Å². The van der Waals surface area contributed by atoms with Gasteiger partial charge in [-0.2, -0.15) is 15.1 Å². The van der Waals surface area contributed by atoms with E-state index in [2.05, 4.69) is 30.7 Å². The monoisotopic (exact) mass is 595 g/mol. The predicted octanol–water partition coefficient (Wildman–Crippen LogP) is 3.03. The zero-order valence-corrected chi connectivity index (χ0v) is 24.5. The fraction of sp³-hybridized carbons (Fsp3) is 0.520. The molecule has 2 aromatic heterocycles. The molecule has 1 aromatic carbocycles. The number of halogens is 1. The number of nitrogens with zero attached hydrogens (tertiary/aromatic N) is 4. The van der Waals surface area contributed by atoms with Crippen LogP contribution in [0, 0.1) is 0 Å². The Kier molecular flexibility index (Phi) is 9.14. The number of aromatic nitrogens is 4. The van der Waals surface area contributed by atoms with Gasteiger partial charge in [-0.05, 0) is 39.8 Å². The largest absolute Gasteiger partial charge is 0.462 e. The second kappa shape index (κ2) is 12.2. The van der Waals surface area contributed by atoms with Crippen LogP contribution in [0.3, 0.4) is 0 Å². The van der Waals surface area contributed by atoms with E-state index in [9.17, 15) is 14.5 Å². The van der Waals surface area contributed by atoms with Crippen LogP contribution in [0.4, 0.5) is 16.2 Å². The second-order valence-electron chi connectivity index (χ2n) is 9.88. The van der Waals surface area contributed by atoms with Crippen LogP contribution < -0.4 is 20.2 Å². The maximum atomic E-state index is 16.0. The molecule has 1 aliphatic rings. The van der Waals surface area contributed by atoms with Crippen LogP contribution in [0.5, 0.6) is 5.75 Å². The molecule has 0 aliphatic carbocycles. The first-order valence-electron chi connectivity index (χ1n) is 13.0. The van der Waals surface area contributed by atoms with Gasteiger partial charge in [0, 0.05) is 14.1 Å². The van der Waals surface area contributed by atoms with E-state index in [4.69, 9.17) is 18.5 Å². The van der Waals surface area contributed by atoms with Crippen molar-refractivity contribution in [1.29, 1.82) is 0 Å². The number of alkyl halides is 1. The van der Waals surface area contributed by atoms with Crippen molar-refractivity contribution in [1.82, 2.24) is 24.6 Å². The van der Waals surface area contributed by atoms with Crippen molar-refractivity contribution in [3.8, 4) is 5.75 Å². The van der Waals surface area contributed by atoms with Gasteiger partial charge in [-0.3, -0.25) is 13.9 Å². The molecule has 16 heteroatoms. The molecule has 224 valence electrons. The van der Waals surface area contributed by atoms with Crippen LogP contribution in [0.25, 0.3) is 11.2 Å². The maximum Gasteiger partial charge on any atom is 0.459 e. The Labute approximate surface area is 236 Å². The van der Waals surface area contributed by atoms with E-state index < -0.39 is 56.6 Å². The molecule has 4 rings (SSSR count). The Morgan fingerprint density at radius 1 is 1.22 bits per heavy atom. The fourth-order valence-electron chi connectivity index (χ4n) is 4.23. The summed E-state index contributed by atoms with van der Waals surface area (Å²) in [5.74, 6) is 0.189. The summed E-state index contributed by atoms with van der Waals surface area (Å²) in [7, 11) is -0.978. The number of aliphatic hydroxyl groups is 1. The molecule has 0 unspecified atom stereocenters. The number of anilines is 2. The van der Waals surface area contributed by atoms with Crippen molar-refractivity contribution < 1.29 is 37.4 Å². The first kappa shape index (κ1) is 30.6. The number of hydrogen-bond donors (Lipinski definition) is 4. The third-order valence-corrected chi connectivity index (χ3v) is 7.93. The van der Waals surface area contributed by atoms with E-state index in [-0.39, 0.29) is 17.3 Å². The van der Waals surface area contributed by atoms with E-state index in [0.717, 1.165) is 0 Å². The molecule has 3 heterocycles. The van der Waals surface area contributed by atoms with Crippen molar-refractivity contribution >= 4 is 36.6 Å². The molecule has 3 aromatic rings. The first-order valence-corrected chi connectivity index (χ1v) is 14.5. The van der Waals surface area contributed by atoms with Crippen LogP contribution >= 0.6 is 7.75 Å². The van der Waals surface area contributed by atoms with Gasteiger partial charge in [0.1, 0.15) is 24.0 Å². The summed E-state index contributed by atoms with van der Waals surface area (Å²) in [6.45, 7) is 5.43. The summed E-state index contributed by atoms with van der Waals surface area (Å²) in [5.41, 5.74) is -1.71. The summed E-state index contributed by atoms with van der Waals surface area (Å²) in [5, 5.41) is 19.2. The highest BCUT2D eigenvalue weighted by molar-refractivity contribution is 7.52. The van der Waals surface area contributed by atoms with Gasteiger partial charge in [-0.25, -0.2) is 13.9 Å². The summed E-state index contributed by atoms with van der Waals surface area (Å²) in [6.07, 6.45) is -3.42. The van der Waals surface area contributed by atoms with Crippen LogP contribution in [0.15, 0.2) is 36.7 Å². The number of imidazole rings is 1. The molecule has 1 aliphatic heterocycles. The number of rotatable bonds is 12. The first-order chi connectivity index (χ1) is 19.4. The van der Waals surface area contributed by atoms with Crippen molar-refractivity contribution in [3.63, 3.8) is 0 Å². The molecule has 14 nitrogen and oxygen atoms in total. The van der Waals surface area contributed by atoms with Crippen LogP contribution in [0.1, 0.15) is 33.9 Å². The summed E-state index contributed by atoms with van der Waals surface area (Å²) >= 11 is 0. The number of ether oxygens (including phenoxy) is 2. The lowest BCUT2D eigenvalue weighted by Crippen LogP contribution is -2.41. The minimum atomic E-state index is -4.28. The molecule has 6 atom stereocenters. The zero-order chi connectivity index (χ0) is 29.9. The number of nitrogens with one attached hydrogen (secondary N) is 3. The number of fused-ring (bicyclic) bond motifs is 1. The van der Waals surface area contributed by atoms with Gasteiger partial charge in [-0.1, -0.05) is 18.2 Å². The molecule has 4 N–H and O–H groups in total. The highest BCUT2D eigenvalue weighted by atomic mass is 31.2. The van der Waals surface area contributed by atoms with Gasteiger partial charge in [0.05, 0.1) is 19.0 Å². The highest BCUT2D eigenvalue weighted by Gasteiger charge is 2.56. The number of para-hydroxylation sites is 1. The molecule has 0 spiro atoms. The number of hydrogen-bond acceptors (Lipinski definition) is 12. The Morgan fingerprint density at radius 3 is 2.56 bits per heavy atom. The third kappa shape index (κ3) is 6.60. The summed E-state index contributed by atoms with van der Waals surface area (Å²) in [6, 6.07) is 7.09. The van der Waals surface area contributed by atoms with Gasteiger partial charge in [0.2, 0.25) is 5.95 Å². The minimum Gasteiger partial charge on any atom is -0.462 e. The average Bonchev–Trinajstić information content (AvgIpc) is 3.44. The van der Waals surface area contributed by atoms with Crippen LogP contribution in [-0.4, -0.2) is 81.3 Å². The lowest BCUT2D eigenvalue weighted by atomic mass is 9.98. The quantitative estimate of drug-likeness (QED) is 0.178. The van der Waals surface area contributed by atoms with Crippen molar-refractivity contribution in [3.05, 3.63) is 36.7 Å².